The van der Waals surface area contributed by atoms with Crippen LogP contribution in [-0.2, 0) is 4.79 Å². The Kier molecular flexibility index (Phi) is 3.65. The van der Waals surface area contributed by atoms with Crippen molar-refractivity contribution < 1.29 is 4.79 Å². The minimum Gasteiger partial charge on any atom is -0.382 e. The summed E-state index contributed by atoms with van der Waals surface area (Å²) >= 11 is 0. The largest absolute Gasteiger partial charge is 0.382 e. The van der Waals surface area contributed by atoms with Crippen molar-refractivity contribution >= 4 is 28.6 Å². The molecule has 3 aromatic rings. The number of aromatic nitrogens is 4. The number of benzene rings is 1. The summed E-state index contributed by atoms with van der Waals surface area (Å²) in [5, 5.41) is 2.57. The van der Waals surface area contributed by atoms with Crippen molar-refractivity contribution in [3.8, 4) is 23.9 Å². The molecule has 0 fully saturated rings. The van der Waals surface area contributed by atoms with Crippen LogP contribution in [0.25, 0.3) is 22.6 Å². The van der Waals surface area contributed by atoms with Crippen molar-refractivity contribution in [2.45, 2.75) is 13.3 Å². The summed E-state index contributed by atoms with van der Waals surface area (Å²) in [7, 11) is 0. The van der Waals surface area contributed by atoms with Gasteiger partial charge in [-0.15, -0.1) is 6.42 Å². The average molecular weight is 306 g/mol. The van der Waals surface area contributed by atoms with Crippen LogP contribution in [0.2, 0.25) is 0 Å². The maximum atomic E-state index is 11.5. The molecular formula is C16H14N6O. The molecule has 0 aliphatic heterocycles. The molecule has 7 nitrogen and oxygen atoms in total. The molecule has 0 spiro atoms. The lowest BCUT2D eigenvalue weighted by Crippen LogP contribution is -2.12. The van der Waals surface area contributed by atoms with Crippen LogP contribution in [0.3, 0.4) is 0 Å². The lowest BCUT2D eigenvalue weighted by Gasteiger charge is -2.05. The third kappa shape index (κ3) is 2.96. The molecule has 7 heteroatoms. The van der Waals surface area contributed by atoms with Crippen molar-refractivity contribution in [2.24, 2.45) is 0 Å². The molecule has 3 rings (SSSR count). The van der Waals surface area contributed by atoms with Crippen molar-refractivity contribution in [1.82, 2.24) is 19.9 Å². The molecule has 0 atom stereocenters. The van der Waals surface area contributed by atoms with E-state index in [0.29, 0.717) is 11.5 Å². The Balaban J connectivity index is 2.00. The second-order valence-corrected chi connectivity index (χ2v) is 5.02. The number of carbonyl (C=O) groups excluding carboxylic acids is 1. The van der Waals surface area contributed by atoms with Crippen molar-refractivity contribution in [3.63, 3.8) is 0 Å². The van der Waals surface area contributed by atoms with Crippen molar-refractivity contribution in [2.75, 3.05) is 11.1 Å². The first-order chi connectivity index (χ1) is 11.1. The number of nitrogens with zero attached hydrogens (tertiary/aromatic N) is 3. The van der Waals surface area contributed by atoms with Gasteiger partial charge < -0.3 is 16.0 Å². The number of nitrogens with one attached hydrogen (secondary N) is 2. The molecule has 0 saturated heterocycles. The van der Waals surface area contributed by atoms with E-state index in [4.69, 9.17) is 12.2 Å². The summed E-state index contributed by atoms with van der Waals surface area (Å²) in [6, 6.07) is 5.86. The molecule has 2 heterocycles. The summed E-state index contributed by atoms with van der Waals surface area (Å²) in [5.41, 5.74) is 9.05. The number of carbonyl (C=O) groups is 1. The summed E-state index contributed by atoms with van der Waals surface area (Å²) in [4.78, 5) is 27.5. The van der Waals surface area contributed by atoms with Crippen LogP contribution in [0.1, 0.15) is 12.0 Å². The highest BCUT2D eigenvalue weighted by Gasteiger charge is 2.13. The Labute approximate surface area is 132 Å². The number of aromatic amines is 1. The quantitative estimate of drug-likeness (QED) is 0.640. The molecule has 1 aromatic carbocycles. The number of nitrogens with two attached hydrogens (primary N) is 1. The van der Waals surface area contributed by atoms with Crippen LogP contribution in [0.5, 0.6) is 0 Å². The number of nitrogen functional groups attached to an aromatic ring is 1. The number of fused-ring (bicyclic) bond motifs is 1. The number of amides is 1. The SMILES string of the molecule is C#CCC(=O)Nc1cnc(N)c(-c2nc3ccc(C)cc3[nH]2)n1. The Hall–Kier alpha value is -3.40. The molecule has 0 unspecified atom stereocenters. The van der Waals surface area contributed by atoms with Gasteiger partial charge in [0.1, 0.15) is 0 Å². The molecule has 114 valence electrons. The van der Waals surface area contributed by atoms with Gasteiger partial charge in [-0.3, -0.25) is 4.79 Å². The van der Waals surface area contributed by atoms with Gasteiger partial charge in [-0.2, -0.15) is 0 Å². The van der Waals surface area contributed by atoms with E-state index in [1.807, 2.05) is 25.1 Å². The summed E-state index contributed by atoms with van der Waals surface area (Å²) in [5.74, 6) is 2.91. The fourth-order valence-electron chi connectivity index (χ4n) is 2.15. The molecular weight excluding hydrogens is 292 g/mol. The first-order valence-electron chi connectivity index (χ1n) is 6.89. The molecule has 1 amide bonds. The third-order valence-electron chi connectivity index (χ3n) is 3.19. The average Bonchev–Trinajstić information content (AvgIpc) is 2.92. The standard InChI is InChI=1S/C16H14N6O/c1-3-4-13(23)21-12-8-18-15(17)14(22-12)16-19-10-6-5-9(2)7-11(10)20-16/h1,5-8H,4H2,2H3,(H2,17,18)(H,19,20)(H,21,22,23). The van der Waals surface area contributed by atoms with Gasteiger partial charge in [0.05, 0.1) is 23.7 Å². The molecule has 23 heavy (non-hydrogen) atoms. The third-order valence-corrected chi connectivity index (χ3v) is 3.19. The van der Waals surface area contributed by atoms with E-state index in [1.54, 1.807) is 0 Å². The van der Waals surface area contributed by atoms with E-state index in [9.17, 15) is 4.79 Å². The minimum absolute atomic E-state index is 0.0364. The zero-order valence-electron chi connectivity index (χ0n) is 12.4. The molecule has 0 saturated carbocycles. The molecule has 0 radical (unpaired) electrons. The van der Waals surface area contributed by atoms with E-state index < -0.39 is 0 Å². The summed E-state index contributed by atoms with van der Waals surface area (Å²) in [6.07, 6.45) is 6.44. The number of H-pyrrole nitrogens is 1. The highest BCUT2D eigenvalue weighted by atomic mass is 16.1. The smallest absolute Gasteiger partial charge is 0.237 e. The van der Waals surface area contributed by atoms with E-state index in [0.717, 1.165) is 16.6 Å². The fourth-order valence-corrected chi connectivity index (χ4v) is 2.15. The van der Waals surface area contributed by atoms with Gasteiger partial charge in [0.2, 0.25) is 5.91 Å². The number of hydrogen-bond donors (Lipinski definition) is 3. The highest BCUT2D eigenvalue weighted by molar-refractivity contribution is 5.91. The predicted octanol–water partition coefficient (Wildman–Crippen LogP) is 1.87. The molecule has 0 bridgehead atoms. The van der Waals surface area contributed by atoms with Gasteiger partial charge in [0, 0.05) is 0 Å². The Morgan fingerprint density at radius 3 is 3.04 bits per heavy atom. The second kappa shape index (κ2) is 5.77. The fraction of sp³-hybridized carbons (Fsp3) is 0.125. The van der Waals surface area contributed by atoms with Crippen LogP contribution in [-0.4, -0.2) is 25.8 Å². The maximum absolute atomic E-state index is 11.5. The number of rotatable bonds is 3. The number of hydrogen-bond acceptors (Lipinski definition) is 5. The van der Waals surface area contributed by atoms with E-state index >= 15 is 0 Å². The first kappa shape index (κ1) is 14.5. The highest BCUT2D eigenvalue weighted by Crippen LogP contribution is 2.24. The number of anilines is 2. The van der Waals surface area contributed by atoms with Crippen LogP contribution < -0.4 is 11.1 Å². The molecule has 4 N–H and O–H groups in total. The van der Waals surface area contributed by atoms with Crippen LogP contribution in [0.15, 0.2) is 24.4 Å². The summed E-state index contributed by atoms with van der Waals surface area (Å²) < 4.78 is 0. The van der Waals surface area contributed by atoms with Crippen LogP contribution in [0, 0.1) is 19.3 Å². The first-order valence-corrected chi connectivity index (χ1v) is 6.89. The second-order valence-electron chi connectivity index (χ2n) is 5.02. The van der Waals surface area contributed by atoms with Crippen molar-refractivity contribution in [1.29, 1.82) is 0 Å². The van der Waals surface area contributed by atoms with E-state index in [1.165, 1.54) is 6.20 Å². The number of imidazole rings is 1. The predicted molar refractivity (Wildman–Crippen MR) is 88.3 cm³/mol. The van der Waals surface area contributed by atoms with Crippen molar-refractivity contribution in [3.05, 3.63) is 30.0 Å². The van der Waals surface area contributed by atoms with Gasteiger partial charge in [-0.25, -0.2) is 15.0 Å². The Morgan fingerprint density at radius 2 is 2.26 bits per heavy atom. The van der Waals surface area contributed by atoms with Gasteiger partial charge in [0.25, 0.3) is 0 Å². The maximum Gasteiger partial charge on any atom is 0.237 e. The van der Waals surface area contributed by atoms with Gasteiger partial charge >= 0.3 is 0 Å². The lowest BCUT2D eigenvalue weighted by molar-refractivity contribution is -0.115. The minimum atomic E-state index is -0.335. The molecule has 0 aliphatic rings. The Bertz CT molecular complexity index is 937. The molecule has 0 aliphatic carbocycles. The zero-order valence-corrected chi connectivity index (χ0v) is 12.4. The van der Waals surface area contributed by atoms with Gasteiger partial charge in [0.15, 0.2) is 23.2 Å². The zero-order chi connectivity index (χ0) is 16.4. The topological polar surface area (TPSA) is 110 Å². The monoisotopic (exact) mass is 306 g/mol. The Morgan fingerprint density at radius 1 is 1.43 bits per heavy atom. The van der Waals surface area contributed by atoms with Crippen LogP contribution >= 0.6 is 0 Å². The molecule has 2 aromatic heterocycles. The summed E-state index contributed by atoms with van der Waals surface area (Å²) in [6.45, 7) is 2.00. The van der Waals surface area contributed by atoms with Gasteiger partial charge in [-0.1, -0.05) is 12.0 Å². The lowest BCUT2D eigenvalue weighted by atomic mass is 10.2. The van der Waals surface area contributed by atoms with Gasteiger partial charge in [-0.05, 0) is 24.6 Å². The number of terminal acetylenes is 1. The van der Waals surface area contributed by atoms with E-state index in [2.05, 4.69) is 31.2 Å². The number of aryl methyl sites for hydroxylation is 1. The van der Waals surface area contributed by atoms with Crippen LogP contribution in [0.4, 0.5) is 11.6 Å². The normalized spacial score (nSPS) is 10.4. The van der Waals surface area contributed by atoms with E-state index in [-0.39, 0.29) is 24.0 Å².